The fraction of sp³-hybridized carbons (Fsp3) is 0.889. The first-order chi connectivity index (χ1) is 5.62. The third-order valence-corrected chi connectivity index (χ3v) is 2.81. The molecule has 1 saturated carbocycles. The van der Waals surface area contributed by atoms with Crippen LogP contribution in [0.5, 0.6) is 0 Å². The van der Waals surface area contributed by atoms with Crippen LogP contribution in [0.25, 0.3) is 0 Å². The number of aliphatic imine (C=N–C) groups is 1. The molecule has 0 saturated heterocycles. The van der Waals surface area contributed by atoms with Gasteiger partial charge in [-0.3, -0.25) is 0 Å². The molecule has 1 aliphatic carbocycles. The van der Waals surface area contributed by atoms with Crippen molar-refractivity contribution >= 4 is 17.4 Å². The second kappa shape index (κ2) is 3.65. The first kappa shape index (κ1) is 9.85. The van der Waals surface area contributed by atoms with Crippen molar-refractivity contribution < 1.29 is 4.74 Å². The van der Waals surface area contributed by atoms with Gasteiger partial charge in [0.15, 0.2) is 0 Å². The summed E-state index contributed by atoms with van der Waals surface area (Å²) in [5, 5.41) is 2.44. The van der Waals surface area contributed by atoms with Gasteiger partial charge < -0.3 is 4.74 Å². The number of thiocarbonyl (C=S) groups is 1. The number of rotatable bonds is 3. The summed E-state index contributed by atoms with van der Waals surface area (Å²) >= 11 is 4.58. The molecule has 2 nitrogen and oxygen atoms in total. The van der Waals surface area contributed by atoms with Crippen molar-refractivity contribution in [2.24, 2.45) is 10.4 Å². The molecule has 0 aromatic carbocycles. The SMILES string of the molecule is CCOC1CC(N=C=S)C1(C)C. The van der Waals surface area contributed by atoms with Crippen molar-refractivity contribution in [1.82, 2.24) is 0 Å². The second-order valence-electron chi connectivity index (χ2n) is 3.74. The molecular weight excluding hydrogens is 170 g/mol. The fourth-order valence-electron chi connectivity index (χ4n) is 1.63. The maximum atomic E-state index is 5.55. The average Bonchev–Trinajstić information content (AvgIpc) is 2.03. The molecule has 0 N–H and O–H groups in total. The predicted molar refractivity (Wildman–Crippen MR) is 52.6 cm³/mol. The van der Waals surface area contributed by atoms with Crippen LogP contribution in [0.15, 0.2) is 4.99 Å². The van der Waals surface area contributed by atoms with Crippen LogP contribution in [0, 0.1) is 5.41 Å². The van der Waals surface area contributed by atoms with E-state index in [9.17, 15) is 0 Å². The summed E-state index contributed by atoms with van der Waals surface area (Å²) in [6.45, 7) is 7.13. The Bertz CT molecular complexity index is 209. The van der Waals surface area contributed by atoms with Crippen molar-refractivity contribution in [2.75, 3.05) is 6.61 Å². The molecule has 0 aliphatic heterocycles. The van der Waals surface area contributed by atoms with E-state index in [0.717, 1.165) is 13.0 Å². The summed E-state index contributed by atoms with van der Waals surface area (Å²) < 4.78 is 5.55. The summed E-state index contributed by atoms with van der Waals surface area (Å²) in [6.07, 6.45) is 1.34. The van der Waals surface area contributed by atoms with E-state index in [0.29, 0.717) is 12.1 Å². The Kier molecular flexibility index (Phi) is 2.99. The van der Waals surface area contributed by atoms with E-state index in [1.54, 1.807) is 0 Å². The van der Waals surface area contributed by atoms with Crippen molar-refractivity contribution in [3.05, 3.63) is 0 Å². The van der Waals surface area contributed by atoms with Gasteiger partial charge in [-0.25, -0.2) is 4.99 Å². The molecule has 0 aromatic rings. The van der Waals surface area contributed by atoms with E-state index >= 15 is 0 Å². The molecule has 1 aliphatic rings. The van der Waals surface area contributed by atoms with Gasteiger partial charge in [-0.15, -0.1) is 0 Å². The lowest BCUT2D eigenvalue weighted by atomic mass is 9.65. The van der Waals surface area contributed by atoms with Crippen LogP contribution < -0.4 is 0 Å². The van der Waals surface area contributed by atoms with Crippen LogP contribution >= 0.6 is 12.2 Å². The molecule has 0 spiro atoms. The number of nitrogens with zero attached hydrogens (tertiary/aromatic N) is 1. The Balaban J connectivity index is 2.53. The van der Waals surface area contributed by atoms with E-state index in [1.165, 1.54) is 0 Å². The molecule has 2 unspecified atom stereocenters. The van der Waals surface area contributed by atoms with Gasteiger partial charge in [-0.1, -0.05) is 13.8 Å². The average molecular weight is 185 g/mol. The standard InChI is InChI=1S/C9H15NOS/c1-4-11-8-5-7(10-6-12)9(8,2)3/h7-8H,4-5H2,1-3H3. The van der Waals surface area contributed by atoms with Crippen LogP contribution in [-0.2, 0) is 4.74 Å². The van der Waals surface area contributed by atoms with Gasteiger partial charge in [0, 0.05) is 12.0 Å². The van der Waals surface area contributed by atoms with Gasteiger partial charge in [-0.05, 0) is 25.6 Å². The summed E-state index contributed by atoms with van der Waals surface area (Å²) in [4.78, 5) is 4.10. The van der Waals surface area contributed by atoms with E-state index in [1.807, 2.05) is 6.92 Å². The van der Waals surface area contributed by atoms with E-state index in [2.05, 4.69) is 36.2 Å². The smallest absolute Gasteiger partial charge is 0.0703 e. The quantitative estimate of drug-likeness (QED) is 0.497. The Morgan fingerprint density at radius 1 is 1.67 bits per heavy atom. The van der Waals surface area contributed by atoms with Crippen molar-refractivity contribution in [1.29, 1.82) is 0 Å². The minimum absolute atomic E-state index is 0.141. The molecule has 12 heavy (non-hydrogen) atoms. The van der Waals surface area contributed by atoms with Gasteiger partial charge >= 0.3 is 0 Å². The summed E-state index contributed by atoms with van der Waals surface area (Å²) in [7, 11) is 0. The van der Waals surface area contributed by atoms with Gasteiger partial charge in [0.1, 0.15) is 0 Å². The number of isothiocyanates is 1. The van der Waals surface area contributed by atoms with Crippen molar-refractivity contribution in [2.45, 2.75) is 39.3 Å². The molecule has 2 atom stereocenters. The third kappa shape index (κ3) is 1.58. The fourth-order valence-corrected chi connectivity index (χ4v) is 1.76. The maximum absolute atomic E-state index is 5.55. The summed E-state index contributed by atoms with van der Waals surface area (Å²) in [5.41, 5.74) is 0.141. The maximum Gasteiger partial charge on any atom is 0.0703 e. The van der Waals surface area contributed by atoms with Crippen molar-refractivity contribution in [3.8, 4) is 0 Å². The van der Waals surface area contributed by atoms with Crippen LogP contribution in [0.1, 0.15) is 27.2 Å². The van der Waals surface area contributed by atoms with Crippen LogP contribution in [-0.4, -0.2) is 23.9 Å². The number of ether oxygens (including phenoxy) is 1. The molecule has 0 amide bonds. The molecule has 0 heterocycles. The number of hydrogen-bond donors (Lipinski definition) is 0. The molecule has 0 aromatic heterocycles. The van der Waals surface area contributed by atoms with Crippen LogP contribution in [0.4, 0.5) is 0 Å². The molecule has 3 heteroatoms. The van der Waals surface area contributed by atoms with Gasteiger partial charge in [0.25, 0.3) is 0 Å². The lowest BCUT2D eigenvalue weighted by Crippen LogP contribution is -2.53. The second-order valence-corrected chi connectivity index (χ2v) is 3.92. The lowest BCUT2D eigenvalue weighted by molar-refractivity contribution is -0.102. The van der Waals surface area contributed by atoms with Crippen LogP contribution in [0.3, 0.4) is 0 Å². The third-order valence-electron chi connectivity index (χ3n) is 2.70. The Morgan fingerprint density at radius 2 is 2.33 bits per heavy atom. The normalized spacial score (nSPS) is 31.9. The highest BCUT2D eigenvalue weighted by Gasteiger charge is 2.48. The summed E-state index contributed by atoms with van der Waals surface area (Å²) in [6, 6.07) is 0.312. The van der Waals surface area contributed by atoms with E-state index < -0.39 is 0 Å². The Hall–Kier alpha value is -0.240. The Labute approximate surface area is 79.0 Å². The summed E-state index contributed by atoms with van der Waals surface area (Å²) in [5.74, 6) is 0. The minimum Gasteiger partial charge on any atom is -0.378 e. The minimum atomic E-state index is 0.141. The van der Waals surface area contributed by atoms with E-state index in [-0.39, 0.29) is 5.41 Å². The molecule has 68 valence electrons. The van der Waals surface area contributed by atoms with Gasteiger partial charge in [0.2, 0.25) is 0 Å². The zero-order chi connectivity index (χ0) is 9.19. The molecule has 0 radical (unpaired) electrons. The lowest BCUT2D eigenvalue weighted by Gasteiger charge is -2.48. The predicted octanol–water partition coefficient (Wildman–Crippen LogP) is 2.29. The molecular formula is C9H15NOS. The zero-order valence-corrected chi connectivity index (χ0v) is 8.65. The van der Waals surface area contributed by atoms with Gasteiger partial charge in [-0.2, -0.15) is 0 Å². The zero-order valence-electron chi connectivity index (χ0n) is 7.83. The van der Waals surface area contributed by atoms with Gasteiger partial charge in [0.05, 0.1) is 17.3 Å². The first-order valence-electron chi connectivity index (χ1n) is 4.31. The van der Waals surface area contributed by atoms with Crippen molar-refractivity contribution in [3.63, 3.8) is 0 Å². The highest BCUT2D eigenvalue weighted by Crippen LogP contribution is 2.44. The highest BCUT2D eigenvalue weighted by atomic mass is 32.1. The highest BCUT2D eigenvalue weighted by molar-refractivity contribution is 7.78. The van der Waals surface area contributed by atoms with E-state index in [4.69, 9.17) is 4.74 Å². The molecule has 1 rings (SSSR count). The first-order valence-corrected chi connectivity index (χ1v) is 4.72. The molecule has 1 fully saturated rings. The number of hydrogen-bond acceptors (Lipinski definition) is 3. The largest absolute Gasteiger partial charge is 0.378 e. The topological polar surface area (TPSA) is 21.6 Å². The Morgan fingerprint density at radius 3 is 2.75 bits per heavy atom. The monoisotopic (exact) mass is 185 g/mol. The molecule has 0 bridgehead atoms. The van der Waals surface area contributed by atoms with Crippen LogP contribution in [0.2, 0.25) is 0 Å².